The lowest BCUT2D eigenvalue weighted by Crippen LogP contribution is -2.21. The molecule has 18 heavy (non-hydrogen) atoms. The third kappa shape index (κ3) is 4.07. The van der Waals surface area contributed by atoms with Gasteiger partial charge in [-0.1, -0.05) is 25.8 Å². The maximum absolute atomic E-state index is 5.96. The fourth-order valence-electron chi connectivity index (χ4n) is 2.58. The molecule has 3 nitrogen and oxygen atoms in total. The fraction of sp³-hybridized carbons (Fsp3) is 0.667. The summed E-state index contributed by atoms with van der Waals surface area (Å²) in [7, 11) is 1.95. The van der Waals surface area contributed by atoms with Crippen LogP contribution >= 0.6 is 0 Å². The van der Waals surface area contributed by atoms with Gasteiger partial charge in [-0.3, -0.25) is 4.98 Å². The second-order valence-corrected chi connectivity index (χ2v) is 5.39. The van der Waals surface area contributed by atoms with Gasteiger partial charge >= 0.3 is 0 Å². The molecule has 1 aromatic heterocycles. The molecule has 100 valence electrons. The molecule has 0 radical (unpaired) electrons. The van der Waals surface area contributed by atoms with E-state index in [1.807, 2.05) is 13.2 Å². The molecule has 0 spiro atoms. The van der Waals surface area contributed by atoms with Crippen LogP contribution in [0.5, 0.6) is 0 Å². The van der Waals surface area contributed by atoms with Crippen molar-refractivity contribution in [1.82, 2.24) is 10.3 Å². The molecule has 1 aliphatic carbocycles. The summed E-state index contributed by atoms with van der Waals surface area (Å²) in [6, 6.07) is 4.19. The first-order valence-corrected chi connectivity index (χ1v) is 6.98. The van der Waals surface area contributed by atoms with Gasteiger partial charge in [-0.05, 0) is 37.4 Å². The van der Waals surface area contributed by atoms with Crippen molar-refractivity contribution in [3.8, 4) is 0 Å². The zero-order valence-corrected chi connectivity index (χ0v) is 11.5. The van der Waals surface area contributed by atoms with Crippen LogP contribution in [0.4, 0.5) is 0 Å². The Balaban J connectivity index is 1.78. The molecule has 1 fully saturated rings. The van der Waals surface area contributed by atoms with Crippen molar-refractivity contribution in [2.45, 2.75) is 51.9 Å². The molecular weight excluding hydrogens is 224 g/mol. The number of nitrogens with zero attached hydrogens (tertiary/aromatic N) is 1. The first-order chi connectivity index (χ1) is 8.78. The molecule has 0 saturated heterocycles. The van der Waals surface area contributed by atoms with Crippen LogP contribution < -0.4 is 5.32 Å². The molecule has 0 amide bonds. The number of aromatic nitrogens is 1. The monoisotopic (exact) mass is 248 g/mol. The molecule has 1 aliphatic rings. The number of pyridine rings is 1. The van der Waals surface area contributed by atoms with Gasteiger partial charge in [0.1, 0.15) is 0 Å². The number of ether oxygens (including phenoxy) is 1. The smallest absolute Gasteiger partial charge is 0.0891 e. The van der Waals surface area contributed by atoms with Gasteiger partial charge in [0.2, 0.25) is 0 Å². The summed E-state index contributed by atoms with van der Waals surface area (Å²) in [5.74, 6) is 0.815. The minimum Gasteiger partial charge on any atom is -0.372 e. The molecular formula is C15H24N2O. The van der Waals surface area contributed by atoms with Gasteiger partial charge in [-0.15, -0.1) is 0 Å². The van der Waals surface area contributed by atoms with Gasteiger partial charge in [-0.2, -0.15) is 0 Å². The molecule has 2 atom stereocenters. The van der Waals surface area contributed by atoms with Crippen molar-refractivity contribution in [1.29, 1.82) is 0 Å². The molecule has 2 unspecified atom stereocenters. The SMILES string of the molecule is CNCc1ccc(COC2CCCC(C)C2)nc1. The summed E-state index contributed by atoms with van der Waals surface area (Å²) in [6.45, 7) is 3.84. The Morgan fingerprint density at radius 2 is 2.28 bits per heavy atom. The standard InChI is InChI=1S/C15H24N2O/c1-12-4-3-5-15(8-12)18-11-14-7-6-13(9-16-2)10-17-14/h6-7,10,12,15-16H,3-5,8-9,11H2,1-2H3. The zero-order chi connectivity index (χ0) is 12.8. The molecule has 3 heteroatoms. The van der Waals surface area contributed by atoms with Crippen molar-refractivity contribution in [2.24, 2.45) is 5.92 Å². The van der Waals surface area contributed by atoms with Crippen molar-refractivity contribution in [3.63, 3.8) is 0 Å². The molecule has 1 aromatic rings. The van der Waals surface area contributed by atoms with Crippen molar-refractivity contribution in [2.75, 3.05) is 7.05 Å². The van der Waals surface area contributed by atoms with Gasteiger partial charge in [0.05, 0.1) is 18.4 Å². The van der Waals surface area contributed by atoms with E-state index in [0.29, 0.717) is 12.7 Å². The minimum absolute atomic E-state index is 0.438. The van der Waals surface area contributed by atoms with E-state index in [1.165, 1.54) is 31.2 Å². The Kier molecular flexibility index (Phi) is 5.14. The van der Waals surface area contributed by atoms with Crippen LogP contribution in [0.2, 0.25) is 0 Å². The first-order valence-electron chi connectivity index (χ1n) is 6.98. The second kappa shape index (κ2) is 6.86. The first kappa shape index (κ1) is 13.5. The average molecular weight is 248 g/mol. The molecule has 0 bridgehead atoms. The van der Waals surface area contributed by atoms with Gasteiger partial charge < -0.3 is 10.1 Å². The third-order valence-electron chi connectivity index (χ3n) is 3.62. The largest absolute Gasteiger partial charge is 0.372 e. The van der Waals surface area contributed by atoms with Gasteiger partial charge in [0.15, 0.2) is 0 Å². The Morgan fingerprint density at radius 1 is 1.39 bits per heavy atom. The summed E-state index contributed by atoms with van der Waals surface area (Å²) < 4.78 is 5.96. The minimum atomic E-state index is 0.438. The highest BCUT2D eigenvalue weighted by Gasteiger charge is 2.19. The predicted molar refractivity (Wildman–Crippen MR) is 73.2 cm³/mol. The van der Waals surface area contributed by atoms with Gasteiger partial charge in [-0.25, -0.2) is 0 Å². The quantitative estimate of drug-likeness (QED) is 0.870. The van der Waals surface area contributed by atoms with Crippen molar-refractivity contribution < 1.29 is 4.74 Å². The van der Waals surface area contributed by atoms with Crippen LogP contribution in [0, 0.1) is 5.92 Å². The Hall–Kier alpha value is -0.930. The summed E-state index contributed by atoms with van der Waals surface area (Å²) in [6.07, 6.45) is 7.45. The normalized spacial score (nSPS) is 24.1. The van der Waals surface area contributed by atoms with E-state index in [-0.39, 0.29) is 0 Å². The highest BCUT2D eigenvalue weighted by atomic mass is 16.5. The lowest BCUT2D eigenvalue weighted by Gasteiger charge is -2.26. The molecule has 0 aliphatic heterocycles. The highest BCUT2D eigenvalue weighted by molar-refractivity contribution is 5.13. The number of nitrogens with one attached hydrogen (secondary N) is 1. The predicted octanol–water partition coefficient (Wildman–Crippen LogP) is 2.90. The van der Waals surface area contributed by atoms with Crippen LogP contribution in [0.3, 0.4) is 0 Å². The lowest BCUT2D eigenvalue weighted by molar-refractivity contribution is 0.00320. The van der Waals surface area contributed by atoms with Crippen LogP contribution in [0.1, 0.15) is 43.9 Å². The van der Waals surface area contributed by atoms with Crippen LogP contribution in [-0.4, -0.2) is 18.1 Å². The molecule has 1 saturated carbocycles. The molecule has 1 N–H and O–H groups in total. The number of hydrogen-bond acceptors (Lipinski definition) is 3. The van der Waals surface area contributed by atoms with Gasteiger partial charge in [0, 0.05) is 12.7 Å². The summed E-state index contributed by atoms with van der Waals surface area (Å²) in [5.41, 5.74) is 2.25. The maximum atomic E-state index is 5.96. The maximum Gasteiger partial charge on any atom is 0.0891 e. The van der Waals surface area contributed by atoms with Gasteiger partial charge in [0.25, 0.3) is 0 Å². The van der Waals surface area contributed by atoms with E-state index >= 15 is 0 Å². The topological polar surface area (TPSA) is 34.1 Å². The summed E-state index contributed by atoms with van der Waals surface area (Å²) in [5, 5.41) is 3.12. The van der Waals surface area contributed by atoms with Crippen LogP contribution in [0.25, 0.3) is 0 Å². The molecule has 1 heterocycles. The zero-order valence-electron chi connectivity index (χ0n) is 11.5. The highest BCUT2D eigenvalue weighted by Crippen LogP contribution is 2.26. The summed E-state index contributed by atoms with van der Waals surface area (Å²) >= 11 is 0. The number of hydrogen-bond donors (Lipinski definition) is 1. The van der Waals surface area contributed by atoms with Crippen molar-refractivity contribution >= 4 is 0 Å². The second-order valence-electron chi connectivity index (χ2n) is 5.39. The van der Waals surface area contributed by atoms with Crippen LogP contribution in [0.15, 0.2) is 18.3 Å². The summed E-state index contributed by atoms with van der Waals surface area (Å²) in [4.78, 5) is 4.44. The van der Waals surface area contributed by atoms with E-state index in [0.717, 1.165) is 18.2 Å². The van der Waals surface area contributed by atoms with Crippen molar-refractivity contribution in [3.05, 3.63) is 29.6 Å². The molecule has 0 aromatic carbocycles. The Morgan fingerprint density at radius 3 is 2.94 bits per heavy atom. The Labute approximate surface area is 110 Å². The fourth-order valence-corrected chi connectivity index (χ4v) is 2.58. The van der Waals surface area contributed by atoms with Crippen LogP contribution in [-0.2, 0) is 17.9 Å². The van der Waals surface area contributed by atoms with E-state index < -0.39 is 0 Å². The van der Waals surface area contributed by atoms with E-state index in [2.05, 4.69) is 29.4 Å². The average Bonchev–Trinajstić information content (AvgIpc) is 2.38. The van der Waals surface area contributed by atoms with E-state index in [4.69, 9.17) is 4.74 Å². The van der Waals surface area contributed by atoms with E-state index in [9.17, 15) is 0 Å². The third-order valence-corrected chi connectivity index (χ3v) is 3.62. The Bertz CT molecular complexity index is 350. The molecule has 2 rings (SSSR count). The lowest BCUT2D eigenvalue weighted by atomic mass is 9.89. The number of rotatable bonds is 5. The van der Waals surface area contributed by atoms with E-state index in [1.54, 1.807) is 0 Å².